The van der Waals surface area contributed by atoms with Crippen molar-refractivity contribution in [2.75, 3.05) is 16.7 Å². The smallest absolute Gasteiger partial charge is 0.435 e. The van der Waals surface area contributed by atoms with Crippen LogP contribution in [0.3, 0.4) is 0 Å². The number of carboxylic acid groups (broad SMARTS) is 1. The van der Waals surface area contributed by atoms with Crippen molar-refractivity contribution >= 4 is 39.2 Å². The van der Waals surface area contributed by atoms with Crippen LogP contribution in [0.25, 0.3) is 22.4 Å². The van der Waals surface area contributed by atoms with E-state index < -0.39 is 34.2 Å². The van der Waals surface area contributed by atoms with Crippen LogP contribution in [0.4, 0.5) is 13.2 Å². The molecule has 0 atom stereocenters. The third kappa shape index (κ3) is 6.55. The molecular formula is C22H20ClF3N2O4S2. The molecule has 34 heavy (non-hydrogen) atoms. The molecule has 1 N–H and O–H groups in total. The van der Waals surface area contributed by atoms with E-state index in [9.17, 15) is 26.4 Å². The van der Waals surface area contributed by atoms with Crippen LogP contribution in [0.2, 0.25) is 0 Å². The molecule has 0 fully saturated rings. The van der Waals surface area contributed by atoms with Crippen molar-refractivity contribution in [2.45, 2.75) is 24.0 Å². The second-order valence-corrected chi connectivity index (χ2v) is 11.1. The Morgan fingerprint density at radius 3 is 2.35 bits per heavy atom. The molecule has 0 radical (unpaired) electrons. The number of aliphatic carboxylic acids is 1. The molecular weight excluding hydrogens is 513 g/mol. The van der Waals surface area contributed by atoms with Gasteiger partial charge in [0.25, 0.3) is 0 Å². The van der Waals surface area contributed by atoms with E-state index in [1.54, 1.807) is 30.3 Å². The summed E-state index contributed by atoms with van der Waals surface area (Å²) in [4.78, 5) is 11.2. The summed E-state index contributed by atoms with van der Waals surface area (Å²) in [6, 6.07) is 13.6. The monoisotopic (exact) mass is 532 g/mol. The van der Waals surface area contributed by atoms with Gasteiger partial charge in [-0.2, -0.15) is 18.3 Å². The quantitative estimate of drug-likeness (QED) is 0.277. The summed E-state index contributed by atoms with van der Waals surface area (Å²) in [5, 5.41) is 12.8. The number of thioether (sulfide) groups is 1. The molecule has 0 aliphatic rings. The number of carbonyl (C=O) groups is 1. The fraction of sp³-hybridized carbons (Fsp3) is 0.273. The van der Waals surface area contributed by atoms with Crippen LogP contribution in [0, 0.1) is 0 Å². The van der Waals surface area contributed by atoms with Crippen molar-refractivity contribution in [3.63, 3.8) is 0 Å². The fourth-order valence-corrected chi connectivity index (χ4v) is 5.58. The third-order valence-corrected chi connectivity index (χ3v) is 7.83. The highest BCUT2D eigenvalue weighted by Crippen LogP contribution is 2.33. The maximum absolute atomic E-state index is 13.1. The minimum absolute atomic E-state index is 0.00557. The summed E-state index contributed by atoms with van der Waals surface area (Å²) in [7, 11) is -3.48. The van der Waals surface area contributed by atoms with Crippen molar-refractivity contribution in [2.24, 2.45) is 0 Å². The molecule has 182 valence electrons. The van der Waals surface area contributed by atoms with Gasteiger partial charge in [0.2, 0.25) is 0 Å². The lowest BCUT2D eigenvalue weighted by Gasteiger charge is -2.09. The average molecular weight is 533 g/mol. The number of hydrogen-bond acceptors (Lipinski definition) is 5. The first-order valence-corrected chi connectivity index (χ1v) is 13.3. The number of benzene rings is 2. The maximum Gasteiger partial charge on any atom is 0.435 e. The summed E-state index contributed by atoms with van der Waals surface area (Å²) < 4.78 is 65.3. The van der Waals surface area contributed by atoms with E-state index in [0.29, 0.717) is 34.1 Å². The molecule has 0 spiro atoms. The van der Waals surface area contributed by atoms with Gasteiger partial charge >= 0.3 is 12.1 Å². The highest BCUT2D eigenvalue weighted by atomic mass is 35.5. The first-order chi connectivity index (χ1) is 16.0. The fourth-order valence-electron chi connectivity index (χ4n) is 3.26. The summed E-state index contributed by atoms with van der Waals surface area (Å²) in [6.45, 7) is -0.726. The number of halogens is 4. The second kappa shape index (κ2) is 10.8. The van der Waals surface area contributed by atoms with Gasteiger partial charge < -0.3 is 5.11 Å². The van der Waals surface area contributed by atoms with Crippen molar-refractivity contribution in [3.05, 3.63) is 60.3 Å². The van der Waals surface area contributed by atoms with Crippen LogP contribution in [0.15, 0.2) is 59.5 Å². The molecule has 0 aliphatic carbocycles. The highest BCUT2D eigenvalue weighted by Gasteiger charge is 2.35. The van der Waals surface area contributed by atoms with E-state index >= 15 is 0 Å². The minimum Gasteiger partial charge on any atom is -0.480 e. The molecule has 6 nitrogen and oxygen atoms in total. The van der Waals surface area contributed by atoms with Gasteiger partial charge in [-0.05, 0) is 47.1 Å². The van der Waals surface area contributed by atoms with Gasteiger partial charge in [-0.3, -0.25) is 9.48 Å². The van der Waals surface area contributed by atoms with E-state index in [-0.39, 0.29) is 16.3 Å². The van der Waals surface area contributed by atoms with Gasteiger partial charge in [-0.15, -0.1) is 23.4 Å². The maximum atomic E-state index is 13.1. The third-order valence-electron chi connectivity index (χ3n) is 4.84. The summed E-state index contributed by atoms with van der Waals surface area (Å²) >= 11 is 7.04. The molecule has 1 heterocycles. The lowest BCUT2D eigenvalue weighted by atomic mass is 10.0. The molecule has 0 amide bonds. The van der Waals surface area contributed by atoms with E-state index in [2.05, 4.69) is 5.10 Å². The van der Waals surface area contributed by atoms with Gasteiger partial charge in [0.15, 0.2) is 15.5 Å². The molecule has 0 aliphatic heterocycles. The van der Waals surface area contributed by atoms with Crippen molar-refractivity contribution in [1.29, 1.82) is 0 Å². The number of sulfone groups is 1. The number of nitrogens with zero attached hydrogens (tertiary/aromatic N) is 2. The topological polar surface area (TPSA) is 89.3 Å². The second-order valence-electron chi connectivity index (χ2n) is 7.26. The van der Waals surface area contributed by atoms with Gasteiger partial charge in [0.1, 0.15) is 6.54 Å². The van der Waals surface area contributed by atoms with Crippen molar-refractivity contribution in [1.82, 2.24) is 9.78 Å². The molecule has 3 rings (SSSR count). The van der Waals surface area contributed by atoms with E-state index in [0.717, 1.165) is 10.7 Å². The zero-order valence-corrected chi connectivity index (χ0v) is 20.0. The molecule has 2 aromatic carbocycles. The first-order valence-electron chi connectivity index (χ1n) is 9.95. The SMILES string of the molecule is O=C(O)Cn1nc(C(F)(F)F)cc1-c1ccc(-c2cccc(S(=O)(=O)CCCSCCl)c2)cc1. The Hall–Kier alpha value is -2.50. The predicted octanol–water partition coefficient (Wildman–Crippen LogP) is 5.41. The van der Waals surface area contributed by atoms with Crippen LogP contribution in [0.5, 0.6) is 0 Å². The largest absolute Gasteiger partial charge is 0.480 e. The summed E-state index contributed by atoms with van der Waals surface area (Å²) in [6.07, 6.45) is -4.24. The molecule has 0 unspecified atom stereocenters. The Morgan fingerprint density at radius 2 is 1.74 bits per heavy atom. The Balaban J connectivity index is 1.88. The molecule has 1 aromatic heterocycles. The van der Waals surface area contributed by atoms with E-state index in [1.807, 2.05) is 0 Å². The van der Waals surface area contributed by atoms with Gasteiger partial charge in [-0.1, -0.05) is 36.4 Å². The van der Waals surface area contributed by atoms with Crippen LogP contribution in [-0.2, 0) is 27.4 Å². The minimum atomic E-state index is -4.72. The number of rotatable bonds is 10. The highest BCUT2D eigenvalue weighted by molar-refractivity contribution is 8.00. The van der Waals surface area contributed by atoms with Crippen LogP contribution >= 0.6 is 23.4 Å². The van der Waals surface area contributed by atoms with E-state index in [1.165, 1.54) is 30.0 Å². The van der Waals surface area contributed by atoms with Gasteiger partial charge in [-0.25, -0.2) is 8.42 Å². The summed E-state index contributed by atoms with van der Waals surface area (Å²) in [5.41, 5.74) is 0.438. The van der Waals surface area contributed by atoms with Crippen molar-refractivity contribution < 1.29 is 31.5 Å². The zero-order chi connectivity index (χ0) is 24.9. The molecule has 12 heteroatoms. The Kier molecular flexibility index (Phi) is 8.32. The van der Waals surface area contributed by atoms with Gasteiger partial charge in [0, 0.05) is 0 Å². The number of aromatic nitrogens is 2. The zero-order valence-electron chi connectivity index (χ0n) is 17.6. The summed E-state index contributed by atoms with van der Waals surface area (Å²) in [5.74, 6) is -0.693. The molecule has 0 bridgehead atoms. The average Bonchev–Trinajstić information content (AvgIpc) is 3.21. The molecule has 0 saturated carbocycles. The number of carboxylic acids is 1. The van der Waals surface area contributed by atoms with Crippen molar-refractivity contribution in [3.8, 4) is 22.4 Å². The van der Waals surface area contributed by atoms with Crippen LogP contribution in [0.1, 0.15) is 12.1 Å². The van der Waals surface area contributed by atoms with Crippen LogP contribution < -0.4 is 0 Å². The number of hydrogen-bond donors (Lipinski definition) is 1. The Morgan fingerprint density at radius 1 is 1.06 bits per heavy atom. The van der Waals surface area contributed by atoms with Gasteiger partial charge in [0.05, 0.1) is 21.6 Å². The molecule has 3 aromatic rings. The molecule has 0 saturated heterocycles. The standard InChI is InChI=1S/C22H20ClF3N2O4S2/c23-14-33-9-2-10-34(31,32)18-4-1-3-17(11-18)15-5-7-16(8-6-15)19-12-20(22(24,25)26)27-28(19)13-21(29)30/h1,3-8,11-12H,2,9-10,13-14H2,(H,29,30). The normalized spacial score (nSPS) is 12.1. The predicted molar refractivity (Wildman–Crippen MR) is 126 cm³/mol. The Bertz CT molecular complexity index is 1260. The van der Waals surface area contributed by atoms with E-state index in [4.69, 9.17) is 16.7 Å². The Labute approximate surface area is 203 Å². The first kappa shape index (κ1) is 26.1. The van der Waals surface area contributed by atoms with Crippen LogP contribution in [-0.4, -0.2) is 46.0 Å². The number of alkyl halides is 4. The lowest BCUT2D eigenvalue weighted by Crippen LogP contribution is -2.13. The lowest BCUT2D eigenvalue weighted by molar-refractivity contribution is -0.143.